The van der Waals surface area contributed by atoms with Crippen molar-refractivity contribution in [2.45, 2.75) is 31.2 Å². The molecule has 10 heteroatoms. The van der Waals surface area contributed by atoms with Crippen LogP contribution in [0.1, 0.15) is 27.9 Å². The summed E-state index contributed by atoms with van der Waals surface area (Å²) < 4.78 is 1.79. The van der Waals surface area contributed by atoms with Crippen LogP contribution in [0.15, 0.2) is 59.8 Å². The molecule has 0 saturated heterocycles. The summed E-state index contributed by atoms with van der Waals surface area (Å²) >= 11 is 1.21. The number of fused-ring (bicyclic) bond motifs is 1. The van der Waals surface area contributed by atoms with Gasteiger partial charge in [-0.1, -0.05) is 48.2 Å². The molecule has 162 valence electrons. The van der Waals surface area contributed by atoms with Crippen LogP contribution in [0, 0.1) is 30.9 Å². The number of aryl methyl sites for hydroxylation is 3. The molecule has 4 aromatic rings. The van der Waals surface area contributed by atoms with Crippen molar-refractivity contribution in [3.05, 3.63) is 87.4 Å². The summed E-state index contributed by atoms with van der Waals surface area (Å²) in [7, 11) is 0. The van der Waals surface area contributed by atoms with Crippen LogP contribution in [-0.2, 0) is 4.79 Å². The molecule has 32 heavy (non-hydrogen) atoms. The molecule has 0 saturated carbocycles. The van der Waals surface area contributed by atoms with Crippen molar-refractivity contribution in [1.29, 1.82) is 0 Å². The third-order valence-electron chi connectivity index (χ3n) is 4.83. The van der Waals surface area contributed by atoms with E-state index in [4.69, 9.17) is 0 Å². The first-order valence-corrected chi connectivity index (χ1v) is 10.7. The zero-order valence-corrected chi connectivity index (χ0v) is 18.5. The number of nitro groups is 1. The fourth-order valence-corrected chi connectivity index (χ4v) is 4.47. The van der Waals surface area contributed by atoms with E-state index in [9.17, 15) is 14.9 Å². The molecule has 2 aromatic heterocycles. The fourth-order valence-electron chi connectivity index (χ4n) is 3.38. The van der Waals surface area contributed by atoms with Gasteiger partial charge in [0.15, 0.2) is 10.8 Å². The number of nitro benzene ring substituents is 1. The Morgan fingerprint density at radius 3 is 2.56 bits per heavy atom. The molecule has 9 nitrogen and oxygen atoms in total. The van der Waals surface area contributed by atoms with Gasteiger partial charge < -0.3 is 5.32 Å². The normalized spacial score (nSPS) is 12.0. The van der Waals surface area contributed by atoms with E-state index in [2.05, 4.69) is 20.5 Å². The molecule has 2 aromatic carbocycles. The molecule has 0 bridgehead atoms. The van der Waals surface area contributed by atoms with E-state index in [0.29, 0.717) is 16.6 Å². The number of carbonyl (C=O) groups excluding carboxylic acids is 1. The van der Waals surface area contributed by atoms with Crippen LogP contribution in [0.4, 0.5) is 11.4 Å². The molecule has 2 heterocycles. The average molecular weight is 449 g/mol. The average Bonchev–Trinajstić information content (AvgIpc) is 3.16. The molecule has 1 amide bonds. The fraction of sp³-hybridized carbons (Fsp3) is 0.182. The van der Waals surface area contributed by atoms with Crippen molar-refractivity contribution in [3.8, 4) is 0 Å². The van der Waals surface area contributed by atoms with Crippen molar-refractivity contribution in [2.75, 3.05) is 5.32 Å². The van der Waals surface area contributed by atoms with E-state index in [0.717, 1.165) is 16.8 Å². The van der Waals surface area contributed by atoms with Gasteiger partial charge in [0.05, 0.1) is 4.92 Å². The summed E-state index contributed by atoms with van der Waals surface area (Å²) in [5, 5.41) is 22.5. The molecule has 0 aliphatic heterocycles. The maximum absolute atomic E-state index is 13.3. The van der Waals surface area contributed by atoms with Crippen molar-refractivity contribution in [3.63, 3.8) is 0 Å². The van der Waals surface area contributed by atoms with Gasteiger partial charge in [-0.05, 0) is 38.0 Å². The largest absolute Gasteiger partial charge is 0.319 e. The van der Waals surface area contributed by atoms with Gasteiger partial charge in [-0.2, -0.15) is 0 Å². The van der Waals surface area contributed by atoms with E-state index in [-0.39, 0.29) is 11.4 Å². The maximum atomic E-state index is 13.3. The molecule has 0 aliphatic carbocycles. The Kier molecular flexibility index (Phi) is 5.87. The minimum absolute atomic E-state index is 0.145. The third kappa shape index (κ3) is 4.30. The molecule has 1 atom stereocenters. The molecule has 1 N–H and O–H groups in total. The number of anilines is 1. The molecule has 0 spiro atoms. The minimum atomic E-state index is -0.717. The first-order valence-electron chi connectivity index (χ1n) is 9.80. The predicted octanol–water partition coefficient (Wildman–Crippen LogP) is 4.43. The second kappa shape index (κ2) is 8.75. The van der Waals surface area contributed by atoms with Gasteiger partial charge in [0.1, 0.15) is 16.8 Å². The lowest BCUT2D eigenvalue weighted by Crippen LogP contribution is -2.20. The highest BCUT2D eigenvalue weighted by Crippen LogP contribution is 2.37. The Morgan fingerprint density at radius 1 is 1.09 bits per heavy atom. The first kappa shape index (κ1) is 21.4. The zero-order valence-electron chi connectivity index (χ0n) is 17.6. The van der Waals surface area contributed by atoms with E-state index in [1.54, 1.807) is 23.5 Å². The molecular weight excluding hydrogens is 428 g/mol. The molecule has 1 unspecified atom stereocenters. The van der Waals surface area contributed by atoms with Crippen molar-refractivity contribution >= 4 is 34.7 Å². The second-order valence-corrected chi connectivity index (χ2v) is 8.37. The third-order valence-corrected chi connectivity index (χ3v) is 6.03. The smallest absolute Gasteiger partial charge is 0.293 e. The summed E-state index contributed by atoms with van der Waals surface area (Å²) in [6.07, 6.45) is 0. The van der Waals surface area contributed by atoms with Crippen molar-refractivity contribution in [1.82, 2.24) is 19.6 Å². The lowest BCUT2D eigenvalue weighted by Gasteiger charge is -2.16. The number of hydrogen-bond donors (Lipinski definition) is 1. The highest BCUT2D eigenvalue weighted by atomic mass is 32.2. The highest BCUT2D eigenvalue weighted by molar-refractivity contribution is 8.00. The number of hydrogen-bond acceptors (Lipinski definition) is 7. The van der Waals surface area contributed by atoms with Crippen LogP contribution < -0.4 is 5.32 Å². The number of thioether (sulfide) groups is 1. The SMILES string of the molecule is Cc1ccc(NC(=O)C(Sc2nnc3cc(C)nc(C)n23)c2ccccc2)c([N+](=O)[O-])c1. The first-order chi connectivity index (χ1) is 15.3. The molecule has 0 aliphatic rings. The number of carbonyl (C=O) groups is 1. The number of nitrogens with one attached hydrogen (secondary N) is 1. The van der Waals surface area contributed by atoms with Gasteiger partial charge in [0.2, 0.25) is 5.91 Å². The van der Waals surface area contributed by atoms with Gasteiger partial charge in [-0.15, -0.1) is 10.2 Å². The quantitative estimate of drug-likeness (QED) is 0.263. The zero-order chi connectivity index (χ0) is 22.8. The number of nitrogens with zero attached hydrogens (tertiary/aromatic N) is 5. The van der Waals surface area contributed by atoms with E-state index in [1.807, 2.05) is 50.2 Å². The Morgan fingerprint density at radius 2 is 1.84 bits per heavy atom. The topological polar surface area (TPSA) is 115 Å². The summed E-state index contributed by atoms with van der Waals surface area (Å²) in [4.78, 5) is 28.8. The van der Waals surface area contributed by atoms with Crippen LogP contribution in [0.2, 0.25) is 0 Å². The van der Waals surface area contributed by atoms with Crippen LogP contribution in [0.3, 0.4) is 0 Å². The summed E-state index contributed by atoms with van der Waals surface area (Å²) in [5.41, 5.74) is 2.92. The Hall–Kier alpha value is -3.79. The minimum Gasteiger partial charge on any atom is -0.319 e. The molecule has 0 radical (unpaired) electrons. The molecule has 0 fully saturated rings. The number of rotatable bonds is 6. The Bertz CT molecular complexity index is 1320. The van der Waals surface area contributed by atoms with E-state index in [1.165, 1.54) is 17.8 Å². The lowest BCUT2D eigenvalue weighted by molar-refractivity contribution is -0.384. The van der Waals surface area contributed by atoms with Crippen LogP contribution in [-0.4, -0.2) is 30.4 Å². The highest BCUT2D eigenvalue weighted by Gasteiger charge is 2.27. The standard InChI is InChI=1S/C22H20N6O3S/c1-13-9-10-17(18(11-13)28(30)31)24-21(29)20(16-7-5-4-6-8-16)32-22-26-25-19-12-14(2)23-15(3)27(19)22/h4-12,20H,1-3H3,(H,24,29). The van der Waals surface area contributed by atoms with E-state index >= 15 is 0 Å². The van der Waals surface area contributed by atoms with Gasteiger partial charge in [0, 0.05) is 17.8 Å². The van der Waals surface area contributed by atoms with Crippen LogP contribution >= 0.6 is 11.8 Å². The number of amides is 1. The molecule has 4 rings (SSSR count). The van der Waals surface area contributed by atoms with Crippen molar-refractivity contribution < 1.29 is 9.72 Å². The van der Waals surface area contributed by atoms with E-state index < -0.39 is 16.1 Å². The van der Waals surface area contributed by atoms with Gasteiger partial charge >= 0.3 is 0 Å². The summed E-state index contributed by atoms with van der Waals surface area (Å²) in [6, 6.07) is 15.7. The summed E-state index contributed by atoms with van der Waals surface area (Å²) in [5.74, 6) is 0.302. The second-order valence-electron chi connectivity index (χ2n) is 7.30. The lowest BCUT2D eigenvalue weighted by atomic mass is 10.1. The van der Waals surface area contributed by atoms with Gasteiger partial charge in [0.25, 0.3) is 5.69 Å². The van der Waals surface area contributed by atoms with Crippen molar-refractivity contribution in [2.24, 2.45) is 0 Å². The van der Waals surface area contributed by atoms with Crippen LogP contribution in [0.25, 0.3) is 5.65 Å². The van der Waals surface area contributed by atoms with Gasteiger partial charge in [-0.3, -0.25) is 19.3 Å². The summed E-state index contributed by atoms with van der Waals surface area (Å²) in [6.45, 7) is 5.49. The van der Waals surface area contributed by atoms with Crippen LogP contribution in [0.5, 0.6) is 0 Å². The Balaban J connectivity index is 1.72. The molecular formula is C22H20N6O3S. The Labute approximate surface area is 188 Å². The number of benzene rings is 2. The predicted molar refractivity (Wildman–Crippen MR) is 122 cm³/mol. The van der Waals surface area contributed by atoms with Gasteiger partial charge in [-0.25, -0.2) is 4.98 Å². The number of aromatic nitrogens is 4. The monoisotopic (exact) mass is 448 g/mol. The maximum Gasteiger partial charge on any atom is 0.293 e.